The number of aryl methyl sites for hydroxylation is 1. The number of benzene rings is 1. The minimum absolute atomic E-state index is 0.163. The molecule has 3 aromatic rings. The molecule has 0 unspecified atom stereocenters. The Morgan fingerprint density at radius 3 is 2.88 bits per heavy atom. The Morgan fingerprint density at radius 2 is 2.12 bits per heavy atom. The van der Waals surface area contributed by atoms with Crippen molar-refractivity contribution in [1.29, 1.82) is 0 Å². The lowest BCUT2D eigenvalue weighted by atomic mass is 10.1. The Balaban J connectivity index is 1.73. The number of nitrogens with zero attached hydrogens (tertiary/aromatic N) is 2. The Kier molecular flexibility index (Phi) is 4.57. The second kappa shape index (κ2) is 6.79. The molecule has 0 spiro atoms. The fourth-order valence-electron chi connectivity index (χ4n) is 2.51. The van der Waals surface area contributed by atoms with E-state index in [4.69, 9.17) is 5.11 Å². The average molecular weight is 344 g/mol. The van der Waals surface area contributed by atoms with Gasteiger partial charge in [0.25, 0.3) is 5.91 Å². The molecule has 124 valence electrons. The maximum absolute atomic E-state index is 12.5. The highest BCUT2D eigenvalue weighted by atomic mass is 32.1. The van der Waals surface area contributed by atoms with Crippen molar-refractivity contribution in [2.24, 2.45) is 0 Å². The Bertz CT molecular complexity index is 900. The van der Waals surface area contributed by atoms with Gasteiger partial charge in [-0.2, -0.15) is 5.10 Å². The molecular weight excluding hydrogens is 328 g/mol. The first-order chi connectivity index (χ1) is 11.6. The molecule has 1 amide bonds. The highest BCUT2D eigenvalue weighted by molar-refractivity contribution is 7.21. The number of carboxylic acid groups (broad SMARTS) is 1. The summed E-state index contributed by atoms with van der Waals surface area (Å²) in [5, 5.41) is 19.1. The minimum atomic E-state index is -0.998. The number of carbonyl (C=O) groups is 2. The SMILES string of the molecule is CCc1c(C(=O)NCc2nc(CC(=O)O)n[nH]2)sc2ccccc12. The second-order valence-electron chi connectivity index (χ2n) is 5.21. The first-order valence-electron chi connectivity index (χ1n) is 7.49. The lowest BCUT2D eigenvalue weighted by Crippen LogP contribution is -2.23. The molecule has 7 nitrogen and oxygen atoms in total. The fraction of sp³-hybridized carbons (Fsp3) is 0.250. The van der Waals surface area contributed by atoms with Gasteiger partial charge in [-0.05, 0) is 23.4 Å². The molecule has 2 heterocycles. The summed E-state index contributed by atoms with van der Waals surface area (Å²) in [5.41, 5.74) is 1.04. The minimum Gasteiger partial charge on any atom is -0.481 e. The van der Waals surface area contributed by atoms with Gasteiger partial charge in [0, 0.05) is 4.70 Å². The van der Waals surface area contributed by atoms with Crippen molar-refractivity contribution in [2.75, 3.05) is 0 Å². The number of amides is 1. The zero-order valence-corrected chi connectivity index (χ0v) is 13.8. The first kappa shape index (κ1) is 16.1. The van der Waals surface area contributed by atoms with Crippen LogP contribution in [-0.2, 0) is 24.2 Å². The summed E-state index contributed by atoms with van der Waals surface area (Å²) < 4.78 is 1.09. The molecule has 3 rings (SSSR count). The van der Waals surface area contributed by atoms with Gasteiger partial charge in [0.2, 0.25) is 0 Å². The van der Waals surface area contributed by atoms with Crippen molar-refractivity contribution < 1.29 is 14.7 Å². The van der Waals surface area contributed by atoms with Crippen LogP contribution in [0.2, 0.25) is 0 Å². The van der Waals surface area contributed by atoms with Crippen LogP contribution in [-0.4, -0.2) is 32.2 Å². The zero-order chi connectivity index (χ0) is 17.1. The number of aliphatic carboxylic acids is 1. The van der Waals surface area contributed by atoms with Crippen molar-refractivity contribution >= 4 is 33.3 Å². The summed E-state index contributed by atoms with van der Waals surface area (Å²) in [6.45, 7) is 2.20. The molecule has 0 aliphatic rings. The molecule has 0 saturated carbocycles. The summed E-state index contributed by atoms with van der Waals surface area (Å²) in [6.07, 6.45) is 0.526. The van der Waals surface area contributed by atoms with E-state index in [9.17, 15) is 9.59 Å². The maximum atomic E-state index is 12.5. The maximum Gasteiger partial charge on any atom is 0.311 e. The standard InChI is InChI=1S/C16H16N4O3S/c1-2-9-10-5-3-4-6-11(10)24-15(9)16(23)17-8-13-18-12(19-20-13)7-14(21)22/h3-6H,2,7-8H2,1H3,(H,17,23)(H,21,22)(H,18,19,20). The average Bonchev–Trinajstić information content (AvgIpc) is 3.15. The number of fused-ring (bicyclic) bond motifs is 1. The molecule has 3 N–H and O–H groups in total. The normalized spacial score (nSPS) is 10.9. The third-order valence-electron chi connectivity index (χ3n) is 3.56. The molecule has 0 bridgehead atoms. The van der Waals surface area contributed by atoms with Crippen molar-refractivity contribution in [2.45, 2.75) is 26.3 Å². The third-order valence-corrected chi connectivity index (χ3v) is 4.77. The van der Waals surface area contributed by atoms with Gasteiger partial charge in [-0.3, -0.25) is 14.7 Å². The van der Waals surface area contributed by atoms with Gasteiger partial charge < -0.3 is 10.4 Å². The van der Waals surface area contributed by atoms with E-state index in [0.717, 1.165) is 22.1 Å². The van der Waals surface area contributed by atoms with Crippen LogP contribution in [0.3, 0.4) is 0 Å². The first-order valence-corrected chi connectivity index (χ1v) is 8.30. The van der Waals surface area contributed by atoms with Crippen LogP contribution >= 0.6 is 11.3 Å². The quantitative estimate of drug-likeness (QED) is 0.635. The van der Waals surface area contributed by atoms with E-state index in [2.05, 4.69) is 20.5 Å². The van der Waals surface area contributed by atoms with E-state index >= 15 is 0 Å². The van der Waals surface area contributed by atoms with Gasteiger partial charge in [-0.15, -0.1) is 11.3 Å². The highest BCUT2D eigenvalue weighted by Gasteiger charge is 2.17. The summed E-state index contributed by atoms with van der Waals surface area (Å²) in [4.78, 5) is 27.9. The van der Waals surface area contributed by atoms with Gasteiger partial charge in [0.1, 0.15) is 12.2 Å². The monoisotopic (exact) mass is 344 g/mol. The molecule has 0 radical (unpaired) electrons. The van der Waals surface area contributed by atoms with Crippen LogP contribution in [0, 0.1) is 0 Å². The number of aromatic amines is 1. The number of rotatable bonds is 6. The summed E-state index contributed by atoms with van der Waals surface area (Å²) in [7, 11) is 0. The number of carbonyl (C=O) groups excluding carboxylic acids is 1. The van der Waals surface area contributed by atoms with Crippen LogP contribution in [0.15, 0.2) is 24.3 Å². The van der Waals surface area contributed by atoms with E-state index in [-0.39, 0.29) is 24.7 Å². The summed E-state index contributed by atoms with van der Waals surface area (Å²) >= 11 is 1.47. The number of nitrogens with one attached hydrogen (secondary N) is 2. The van der Waals surface area contributed by atoms with Gasteiger partial charge in [-0.25, -0.2) is 4.98 Å². The molecule has 0 aliphatic carbocycles. The summed E-state index contributed by atoms with van der Waals surface area (Å²) in [6, 6.07) is 7.95. The van der Waals surface area contributed by atoms with Crippen LogP contribution in [0.25, 0.3) is 10.1 Å². The molecule has 2 aromatic heterocycles. The number of carboxylic acids is 1. The predicted molar refractivity (Wildman–Crippen MR) is 90.1 cm³/mol. The van der Waals surface area contributed by atoms with Gasteiger partial charge in [-0.1, -0.05) is 25.1 Å². The molecule has 8 heteroatoms. The predicted octanol–water partition coefficient (Wildman–Crippen LogP) is 2.14. The fourth-order valence-corrected chi connectivity index (χ4v) is 3.72. The van der Waals surface area contributed by atoms with Gasteiger partial charge >= 0.3 is 5.97 Å². The number of hydrogen-bond acceptors (Lipinski definition) is 5. The number of H-pyrrole nitrogens is 1. The third kappa shape index (κ3) is 3.28. The van der Waals surface area contributed by atoms with Crippen LogP contribution in [0.5, 0.6) is 0 Å². The molecule has 0 atom stereocenters. The van der Waals surface area contributed by atoms with E-state index < -0.39 is 5.97 Å². The van der Waals surface area contributed by atoms with Crippen molar-refractivity contribution in [3.8, 4) is 0 Å². The lowest BCUT2D eigenvalue weighted by Gasteiger charge is -2.03. The number of hydrogen-bond donors (Lipinski definition) is 3. The van der Waals surface area contributed by atoms with Crippen molar-refractivity contribution in [1.82, 2.24) is 20.5 Å². The zero-order valence-electron chi connectivity index (χ0n) is 13.0. The molecule has 0 fully saturated rings. The largest absolute Gasteiger partial charge is 0.481 e. The summed E-state index contributed by atoms with van der Waals surface area (Å²) in [5.74, 6) is -0.534. The molecule has 0 saturated heterocycles. The number of aromatic nitrogens is 3. The van der Waals surface area contributed by atoms with Crippen LogP contribution in [0.1, 0.15) is 33.8 Å². The molecular formula is C16H16N4O3S. The van der Waals surface area contributed by atoms with E-state index in [1.807, 2.05) is 31.2 Å². The smallest absolute Gasteiger partial charge is 0.311 e. The molecule has 1 aromatic carbocycles. The number of thiophene rings is 1. The highest BCUT2D eigenvalue weighted by Crippen LogP contribution is 2.31. The van der Waals surface area contributed by atoms with E-state index in [1.165, 1.54) is 11.3 Å². The van der Waals surface area contributed by atoms with Crippen molar-refractivity contribution in [3.63, 3.8) is 0 Å². The lowest BCUT2D eigenvalue weighted by molar-refractivity contribution is -0.136. The van der Waals surface area contributed by atoms with Crippen molar-refractivity contribution in [3.05, 3.63) is 46.4 Å². The second-order valence-corrected chi connectivity index (χ2v) is 6.26. The Hall–Kier alpha value is -2.74. The molecule has 0 aliphatic heterocycles. The van der Waals surface area contributed by atoms with E-state index in [0.29, 0.717) is 10.7 Å². The van der Waals surface area contributed by atoms with Crippen LogP contribution in [0.4, 0.5) is 0 Å². The van der Waals surface area contributed by atoms with Crippen LogP contribution < -0.4 is 5.32 Å². The van der Waals surface area contributed by atoms with Gasteiger partial charge in [0.15, 0.2) is 5.82 Å². The molecule has 24 heavy (non-hydrogen) atoms. The Morgan fingerprint density at radius 1 is 1.33 bits per heavy atom. The van der Waals surface area contributed by atoms with Gasteiger partial charge in [0.05, 0.1) is 11.4 Å². The Labute approximate surface area is 141 Å². The van der Waals surface area contributed by atoms with E-state index in [1.54, 1.807) is 0 Å². The topological polar surface area (TPSA) is 108 Å².